The second-order valence-corrected chi connectivity index (χ2v) is 5.42. The molecule has 0 saturated heterocycles. The number of hydrogen-bond donors (Lipinski definition) is 1. The van der Waals surface area contributed by atoms with E-state index in [0.717, 1.165) is 11.1 Å². The van der Waals surface area contributed by atoms with Gasteiger partial charge in [-0.3, -0.25) is 4.79 Å². The summed E-state index contributed by atoms with van der Waals surface area (Å²) in [6, 6.07) is 14.1. The molecule has 1 heterocycles. The number of carbonyl (C=O) groups is 1. The van der Waals surface area contributed by atoms with E-state index in [-0.39, 0.29) is 12.2 Å². The number of aliphatic carboxylic acids is 1. The fourth-order valence-corrected chi connectivity index (χ4v) is 2.74. The third kappa shape index (κ3) is 3.02. The van der Waals surface area contributed by atoms with Crippen molar-refractivity contribution < 1.29 is 27.8 Å². The minimum atomic E-state index is -4.72. The molecular weight excluding hydrogens is 309 g/mol. The van der Waals surface area contributed by atoms with Crippen LogP contribution in [-0.4, -0.2) is 23.4 Å². The molecular formula is C17H13F3O3. The molecule has 2 aromatic carbocycles. The van der Waals surface area contributed by atoms with E-state index in [1.54, 1.807) is 12.1 Å². The first-order chi connectivity index (χ1) is 10.9. The molecule has 0 aromatic heterocycles. The van der Waals surface area contributed by atoms with Crippen LogP contribution in [0.1, 0.15) is 5.56 Å². The van der Waals surface area contributed by atoms with E-state index >= 15 is 0 Å². The second kappa shape index (κ2) is 5.61. The van der Waals surface area contributed by atoms with Gasteiger partial charge in [0, 0.05) is 0 Å². The van der Waals surface area contributed by atoms with Gasteiger partial charge in [0.15, 0.2) is 0 Å². The average Bonchev–Trinajstić information content (AvgIpc) is 2.53. The lowest BCUT2D eigenvalue weighted by Gasteiger charge is -2.32. The maximum absolute atomic E-state index is 13.0. The smallest absolute Gasteiger partial charge is 0.426 e. The number of hydrogen-bond acceptors (Lipinski definition) is 2. The Bertz CT molecular complexity index is 726. The fourth-order valence-electron chi connectivity index (χ4n) is 2.74. The summed E-state index contributed by atoms with van der Waals surface area (Å²) in [4.78, 5) is 11.2. The number of alkyl halides is 3. The van der Waals surface area contributed by atoms with Crippen LogP contribution in [0, 0.1) is 5.92 Å². The van der Waals surface area contributed by atoms with Crippen LogP contribution >= 0.6 is 0 Å². The first kappa shape index (κ1) is 15.4. The highest BCUT2D eigenvalue weighted by atomic mass is 19.4. The molecule has 0 saturated carbocycles. The van der Waals surface area contributed by atoms with Crippen LogP contribution in [0.2, 0.25) is 0 Å². The van der Waals surface area contributed by atoms with Gasteiger partial charge in [-0.1, -0.05) is 36.4 Å². The topological polar surface area (TPSA) is 46.5 Å². The van der Waals surface area contributed by atoms with Crippen LogP contribution in [0.15, 0.2) is 48.5 Å². The molecule has 0 fully saturated rings. The molecule has 2 atom stereocenters. The van der Waals surface area contributed by atoms with Gasteiger partial charge in [0.2, 0.25) is 6.10 Å². The highest BCUT2D eigenvalue weighted by molar-refractivity contribution is 5.73. The van der Waals surface area contributed by atoms with Gasteiger partial charge in [0.1, 0.15) is 11.7 Å². The molecule has 0 radical (unpaired) electrons. The van der Waals surface area contributed by atoms with Crippen molar-refractivity contribution in [2.45, 2.75) is 18.7 Å². The van der Waals surface area contributed by atoms with Crippen molar-refractivity contribution in [2.75, 3.05) is 0 Å². The Morgan fingerprint density at radius 1 is 1.09 bits per heavy atom. The van der Waals surface area contributed by atoms with E-state index in [9.17, 15) is 18.0 Å². The quantitative estimate of drug-likeness (QED) is 0.911. The van der Waals surface area contributed by atoms with Crippen molar-refractivity contribution >= 4 is 5.97 Å². The summed E-state index contributed by atoms with van der Waals surface area (Å²) < 4.78 is 44.0. The summed E-state index contributed by atoms with van der Waals surface area (Å²) in [6.07, 6.45) is -7.26. The van der Waals surface area contributed by atoms with Gasteiger partial charge in [-0.25, -0.2) is 0 Å². The van der Waals surface area contributed by atoms with Gasteiger partial charge in [0.25, 0.3) is 0 Å². The predicted octanol–water partition coefficient (Wildman–Crippen LogP) is 3.92. The van der Waals surface area contributed by atoms with Crippen molar-refractivity contribution in [2.24, 2.45) is 5.92 Å². The van der Waals surface area contributed by atoms with Crippen LogP contribution in [0.4, 0.5) is 13.2 Å². The highest BCUT2D eigenvalue weighted by Crippen LogP contribution is 2.39. The van der Waals surface area contributed by atoms with Gasteiger partial charge in [-0.2, -0.15) is 13.2 Å². The minimum Gasteiger partial charge on any atom is -0.481 e. The molecule has 120 valence electrons. The molecule has 3 nitrogen and oxygen atoms in total. The Morgan fingerprint density at radius 3 is 2.39 bits per heavy atom. The summed E-state index contributed by atoms with van der Waals surface area (Å²) >= 11 is 0. The van der Waals surface area contributed by atoms with E-state index in [1.807, 2.05) is 30.3 Å². The zero-order chi connectivity index (χ0) is 16.6. The molecule has 0 unspecified atom stereocenters. The Kier molecular flexibility index (Phi) is 3.75. The first-order valence-corrected chi connectivity index (χ1v) is 7.01. The van der Waals surface area contributed by atoms with Crippen molar-refractivity contribution in [1.82, 2.24) is 0 Å². The van der Waals surface area contributed by atoms with E-state index in [4.69, 9.17) is 9.84 Å². The normalized spacial score (nSPS) is 20.5. The molecule has 6 heteroatoms. The average molecular weight is 322 g/mol. The Labute approximate surface area is 130 Å². The number of rotatable bonds is 2. The summed E-state index contributed by atoms with van der Waals surface area (Å²) in [7, 11) is 0. The molecule has 0 spiro atoms. The van der Waals surface area contributed by atoms with Crippen LogP contribution in [0.5, 0.6) is 5.75 Å². The van der Waals surface area contributed by atoms with Crippen LogP contribution in [0.25, 0.3) is 11.1 Å². The Balaban J connectivity index is 1.99. The van der Waals surface area contributed by atoms with Gasteiger partial charge >= 0.3 is 12.1 Å². The van der Waals surface area contributed by atoms with Gasteiger partial charge < -0.3 is 9.84 Å². The van der Waals surface area contributed by atoms with E-state index in [1.165, 1.54) is 6.07 Å². The first-order valence-electron chi connectivity index (χ1n) is 7.01. The zero-order valence-electron chi connectivity index (χ0n) is 11.9. The minimum absolute atomic E-state index is 0.0875. The van der Waals surface area contributed by atoms with Gasteiger partial charge in [-0.15, -0.1) is 0 Å². The van der Waals surface area contributed by atoms with Crippen molar-refractivity contribution in [3.63, 3.8) is 0 Å². The molecule has 0 bridgehead atoms. The van der Waals surface area contributed by atoms with Crippen LogP contribution < -0.4 is 4.74 Å². The molecule has 1 aliphatic rings. The SMILES string of the molecule is O=C(O)[C@@H]1Cc2cc(-c3ccccc3)ccc2O[C@@H]1C(F)(F)F. The summed E-state index contributed by atoms with van der Waals surface area (Å²) in [5.74, 6) is -3.07. The van der Waals surface area contributed by atoms with E-state index < -0.39 is 24.2 Å². The number of ether oxygens (including phenoxy) is 1. The molecule has 0 aliphatic carbocycles. The highest BCUT2D eigenvalue weighted by Gasteiger charge is 2.52. The third-order valence-electron chi connectivity index (χ3n) is 3.87. The van der Waals surface area contributed by atoms with Crippen LogP contribution in [-0.2, 0) is 11.2 Å². The summed E-state index contributed by atoms with van der Waals surface area (Å²) in [6.45, 7) is 0. The summed E-state index contributed by atoms with van der Waals surface area (Å²) in [5.41, 5.74) is 2.18. The fraction of sp³-hybridized carbons (Fsp3) is 0.235. The molecule has 1 N–H and O–H groups in total. The van der Waals surface area contributed by atoms with E-state index in [0.29, 0.717) is 5.56 Å². The predicted molar refractivity (Wildman–Crippen MR) is 77.2 cm³/mol. The molecule has 23 heavy (non-hydrogen) atoms. The molecule has 3 rings (SSSR count). The zero-order valence-corrected chi connectivity index (χ0v) is 11.9. The third-order valence-corrected chi connectivity index (χ3v) is 3.87. The lowest BCUT2D eigenvalue weighted by atomic mass is 9.88. The van der Waals surface area contributed by atoms with E-state index in [2.05, 4.69) is 0 Å². The summed E-state index contributed by atoms with van der Waals surface area (Å²) in [5, 5.41) is 9.10. The van der Waals surface area contributed by atoms with Crippen molar-refractivity contribution in [3.05, 3.63) is 54.1 Å². The maximum atomic E-state index is 13.0. The standard InChI is InChI=1S/C17H13F3O3/c18-17(19,20)15-13(16(21)22)9-12-8-11(6-7-14(12)23-15)10-4-2-1-3-5-10/h1-8,13,15H,9H2,(H,21,22)/t13-,15+/m1/s1. The Morgan fingerprint density at radius 2 is 1.78 bits per heavy atom. The maximum Gasteiger partial charge on any atom is 0.426 e. The van der Waals surface area contributed by atoms with Crippen molar-refractivity contribution in [1.29, 1.82) is 0 Å². The molecule has 1 aliphatic heterocycles. The second-order valence-electron chi connectivity index (χ2n) is 5.42. The number of benzene rings is 2. The monoisotopic (exact) mass is 322 g/mol. The number of halogens is 3. The van der Waals surface area contributed by atoms with Gasteiger partial charge in [-0.05, 0) is 35.2 Å². The van der Waals surface area contributed by atoms with Crippen LogP contribution in [0.3, 0.4) is 0 Å². The number of fused-ring (bicyclic) bond motifs is 1. The number of carboxylic acids is 1. The molecule has 0 amide bonds. The number of carboxylic acid groups (broad SMARTS) is 1. The van der Waals surface area contributed by atoms with Crippen molar-refractivity contribution in [3.8, 4) is 16.9 Å². The lowest BCUT2D eigenvalue weighted by molar-refractivity contribution is -0.217. The largest absolute Gasteiger partial charge is 0.481 e. The lowest BCUT2D eigenvalue weighted by Crippen LogP contribution is -2.47. The molecule has 2 aromatic rings. The van der Waals surface area contributed by atoms with Gasteiger partial charge in [0.05, 0.1) is 0 Å². The Hall–Kier alpha value is -2.50.